The minimum absolute atomic E-state index is 0.117. The Bertz CT molecular complexity index is 421. The lowest BCUT2D eigenvalue weighted by atomic mass is 9.81. The zero-order valence-electron chi connectivity index (χ0n) is 11.5. The van der Waals surface area contributed by atoms with E-state index in [2.05, 4.69) is 13.8 Å². The first-order valence-corrected chi connectivity index (χ1v) is 6.79. The maximum atomic E-state index is 12.5. The van der Waals surface area contributed by atoms with Gasteiger partial charge in [-0.1, -0.05) is 36.8 Å². The Labute approximate surface area is 109 Å². The highest BCUT2D eigenvalue weighted by Gasteiger charge is 2.35. The third kappa shape index (κ3) is 2.81. The summed E-state index contributed by atoms with van der Waals surface area (Å²) >= 11 is 0. The van der Waals surface area contributed by atoms with Gasteiger partial charge in [-0.2, -0.15) is 0 Å². The van der Waals surface area contributed by atoms with Gasteiger partial charge in [-0.15, -0.1) is 0 Å². The van der Waals surface area contributed by atoms with Crippen molar-refractivity contribution in [2.24, 2.45) is 5.92 Å². The number of aryl methyl sites for hydroxylation is 1. The van der Waals surface area contributed by atoms with E-state index in [-0.39, 0.29) is 17.3 Å². The smallest absolute Gasteiger partial charge is 0.166 e. The Balaban J connectivity index is 2.11. The van der Waals surface area contributed by atoms with Gasteiger partial charge in [0.1, 0.15) is 0 Å². The lowest BCUT2D eigenvalue weighted by Crippen LogP contribution is -2.39. The SMILES string of the molecule is CCC1(C)CC(C(=O)c2ccc(C)cc2)CCO1. The van der Waals surface area contributed by atoms with Crippen LogP contribution < -0.4 is 0 Å². The van der Waals surface area contributed by atoms with Gasteiger partial charge in [-0.25, -0.2) is 0 Å². The number of hydrogen-bond donors (Lipinski definition) is 0. The summed E-state index contributed by atoms with van der Waals surface area (Å²) in [5.74, 6) is 0.393. The first-order valence-electron chi connectivity index (χ1n) is 6.79. The molecule has 98 valence electrons. The molecule has 0 aliphatic carbocycles. The third-order valence-electron chi connectivity index (χ3n) is 4.05. The van der Waals surface area contributed by atoms with Crippen LogP contribution in [0.25, 0.3) is 0 Å². The maximum absolute atomic E-state index is 12.5. The average molecular weight is 246 g/mol. The van der Waals surface area contributed by atoms with Crippen molar-refractivity contribution in [3.63, 3.8) is 0 Å². The van der Waals surface area contributed by atoms with Gasteiger partial charge in [-0.05, 0) is 33.1 Å². The molecule has 0 aromatic heterocycles. The molecule has 2 nitrogen and oxygen atoms in total. The molecule has 1 saturated heterocycles. The number of ether oxygens (including phenoxy) is 1. The second kappa shape index (κ2) is 5.23. The number of rotatable bonds is 3. The standard InChI is InChI=1S/C16H22O2/c1-4-16(3)11-14(9-10-18-16)15(17)13-7-5-12(2)6-8-13/h5-8,14H,4,9-11H2,1-3H3. The van der Waals surface area contributed by atoms with E-state index in [1.807, 2.05) is 31.2 Å². The van der Waals surface area contributed by atoms with Crippen molar-refractivity contribution in [1.82, 2.24) is 0 Å². The van der Waals surface area contributed by atoms with Gasteiger partial charge in [0, 0.05) is 18.1 Å². The monoisotopic (exact) mass is 246 g/mol. The molecule has 2 unspecified atom stereocenters. The van der Waals surface area contributed by atoms with E-state index in [9.17, 15) is 4.79 Å². The zero-order chi connectivity index (χ0) is 13.2. The molecule has 2 atom stereocenters. The van der Waals surface area contributed by atoms with E-state index < -0.39 is 0 Å². The van der Waals surface area contributed by atoms with E-state index in [0.29, 0.717) is 6.61 Å². The molecule has 0 N–H and O–H groups in total. The molecule has 1 aliphatic heterocycles. The number of Topliss-reactive ketones (excluding diaryl/α,β-unsaturated/α-hetero) is 1. The molecule has 0 saturated carbocycles. The summed E-state index contributed by atoms with van der Waals surface area (Å²) in [6.45, 7) is 6.98. The van der Waals surface area contributed by atoms with E-state index in [1.54, 1.807) is 0 Å². The van der Waals surface area contributed by atoms with Crippen LogP contribution in [0.1, 0.15) is 49.0 Å². The fraction of sp³-hybridized carbons (Fsp3) is 0.562. The molecule has 1 fully saturated rings. The summed E-state index contributed by atoms with van der Waals surface area (Å²) in [7, 11) is 0. The average Bonchev–Trinajstić information content (AvgIpc) is 2.39. The topological polar surface area (TPSA) is 26.3 Å². The first-order chi connectivity index (χ1) is 8.54. The van der Waals surface area contributed by atoms with Gasteiger partial charge in [0.25, 0.3) is 0 Å². The lowest BCUT2D eigenvalue weighted by molar-refractivity contribution is -0.0811. The Kier molecular flexibility index (Phi) is 3.86. The van der Waals surface area contributed by atoms with Gasteiger partial charge in [0.15, 0.2) is 5.78 Å². The largest absolute Gasteiger partial charge is 0.375 e. The molecule has 0 bridgehead atoms. The number of benzene rings is 1. The van der Waals surface area contributed by atoms with Crippen LogP contribution in [0.15, 0.2) is 24.3 Å². The van der Waals surface area contributed by atoms with Crippen molar-refractivity contribution >= 4 is 5.78 Å². The van der Waals surface area contributed by atoms with Gasteiger partial charge in [0.2, 0.25) is 0 Å². The van der Waals surface area contributed by atoms with Crippen LogP contribution in [-0.2, 0) is 4.74 Å². The summed E-state index contributed by atoms with van der Waals surface area (Å²) in [6.07, 6.45) is 2.66. The molecule has 2 heteroatoms. The summed E-state index contributed by atoms with van der Waals surface area (Å²) < 4.78 is 5.80. The van der Waals surface area contributed by atoms with E-state index in [0.717, 1.165) is 24.8 Å². The van der Waals surface area contributed by atoms with Crippen LogP contribution in [0.2, 0.25) is 0 Å². The highest BCUT2D eigenvalue weighted by Crippen LogP contribution is 2.33. The maximum Gasteiger partial charge on any atom is 0.166 e. The van der Waals surface area contributed by atoms with Crippen molar-refractivity contribution in [1.29, 1.82) is 0 Å². The Morgan fingerprint density at radius 2 is 2.06 bits per heavy atom. The lowest BCUT2D eigenvalue weighted by Gasteiger charge is -2.37. The third-order valence-corrected chi connectivity index (χ3v) is 4.05. The van der Waals surface area contributed by atoms with Gasteiger partial charge >= 0.3 is 0 Å². The van der Waals surface area contributed by atoms with Crippen molar-refractivity contribution in [2.45, 2.75) is 45.6 Å². The van der Waals surface area contributed by atoms with Crippen LogP contribution in [-0.4, -0.2) is 18.0 Å². The zero-order valence-corrected chi connectivity index (χ0v) is 11.5. The first kappa shape index (κ1) is 13.3. The van der Waals surface area contributed by atoms with Crippen molar-refractivity contribution in [2.75, 3.05) is 6.61 Å². The molecule has 18 heavy (non-hydrogen) atoms. The normalized spacial score (nSPS) is 28.1. The molecule has 2 rings (SSSR count). The highest BCUT2D eigenvalue weighted by atomic mass is 16.5. The van der Waals surface area contributed by atoms with Gasteiger partial charge < -0.3 is 4.74 Å². The van der Waals surface area contributed by atoms with Crippen LogP contribution in [0.5, 0.6) is 0 Å². The predicted octanol–water partition coefficient (Wildman–Crippen LogP) is 3.77. The fourth-order valence-corrected chi connectivity index (χ4v) is 2.55. The van der Waals surface area contributed by atoms with Crippen LogP contribution in [0.4, 0.5) is 0 Å². The molecule has 1 aromatic carbocycles. The minimum atomic E-state index is -0.122. The van der Waals surface area contributed by atoms with E-state index in [4.69, 9.17) is 4.74 Å². The van der Waals surface area contributed by atoms with Gasteiger partial charge in [0.05, 0.1) is 5.60 Å². The van der Waals surface area contributed by atoms with Crippen LogP contribution in [0, 0.1) is 12.8 Å². The van der Waals surface area contributed by atoms with E-state index in [1.165, 1.54) is 5.56 Å². The molecule has 0 radical (unpaired) electrons. The Morgan fingerprint density at radius 3 is 2.67 bits per heavy atom. The number of carbonyl (C=O) groups is 1. The quantitative estimate of drug-likeness (QED) is 0.759. The van der Waals surface area contributed by atoms with E-state index >= 15 is 0 Å². The Hall–Kier alpha value is -1.15. The van der Waals surface area contributed by atoms with Crippen molar-refractivity contribution < 1.29 is 9.53 Å². The Morgan fingerprint density at radius 1 is 1.39 bits per heavy atom. The van der Waals surface area contributed by atoms with Gasteiger partial charge in [-0.3, -0.25) is 4.79 Å². The highest BCUT2D eigenvalue weighted by molar-refractivity contribution is 5.98. The van der Waals surface area contributed by atoms with Crippen molar-refractivity contribution in [3.8, 4) is 0 Å². The molecule has 0 spiro atoms. The molecule has 1 aromatic rings. The summed E-state index contributed by atoms with van der Waals surface area (Å²) in [5.41, 5.74) is 1.91. The molecular weight excluding hydrogens is 224 g/mol. The predicted molar refractivity (Wildman–Crippen MR) is 72.9 cm³/mol. The fourth-order valence-electron chi connectivity index (χ4n) is 2.55. The van der Waals surface area contributed by atoms with Crippen LogP contribution in [0.3, 0.4) is 0 Å². The van der Waals surface area contributed by atoms with Crippen molar-refractivity contribution in [3.05, 3.63) is 35.4 Å². The second-order valence-corrected chi connectivity index (χ2v) is 5.57. The summed E-state index contributed by atoms with van der Waals surface area (Å²) in [5, 5.41) is 0. The molecule has 1 aliphatic rings. The van der Waals surface area contributed by atoms with Crippen LogP contribution >= 0.6 is 0 Å². The minimum Gasteiger partial charge on any atom is -0.375 e. The molecular formula is C16H22O2. The molecule has 0 amide bonds. The summed E-state index contributed by atoms with van der Waals surface area (Å²) in [6, 6.07) is 7.89. The summed E-state index contributed by atoms with van der Waals surface area (Å²) in [4.78, 5) is 12.5. The number of hydrogen-bond acceptors (Lipinski definition) is 2. The second-order valence-electron chi connectivity index (χ2n) is 5.57. The molecule has 1 heterocycles. The number of carbonyl (C=O) groups excluding carboxylic acids is 1. The number of ketones is 1.